The average Bonchev–Trinajstić information content (AvgIpc) is 3.60. The molecule has 2 aliphatic heterocycles. The van der Waals surface area contributed by atoms with Gasteiger partial charge >= 0.3 is 0 Å². The number of ether oxygens (including phenoxy) is 1. The smallest absolute Gasteiger partial charge is 0.255 e. The fraction of sp³-hybridized carbons (Fsp3) is 0.207. The second-order valence-corrected chi connectivity index (χ2v) is 10.2. The Kier molecular flexibility index (Phi) is 6.30. The molecule has 1 saturated heterocycles. The molecule has 3 aromatic carbocycles. The predicted molar refractivity (Wildman–Crippen MR) is 148 cm³/mol. The monoisotopic (exact) mass is 525 g/mol. The van der Waals surface area contributed by atoms with Crippen molar-refractivity contribution in [3.05, 3.63) is 106 Å². The summed E-state index contributed by atoms with van der Waals surface area (Å²) in [6.07, 6.45) is 1.63. The highest BCUT2D eigenvalue weighted by molar-refractivity contribution is 7.09. The molecule has 0 bridgehead atoms. The molecule has 1 aromatic heterocycles. The van der Waals surface area contributed by atoms with Crippen molar-refractivity contribution in [1.29, 1.82) is 0 Å². The highest BCUT2D eigenvalue weighted by atomic mass is 32.1. The van der Waals surface area contributed by atoms with E-state index in [-0.39, 0.29) is 12.5 Å². The highest BCUT2D eigenvalue weighted by Crippen LogP contribution is 2.42. The number of aromatic nitrogens is 1. The lowest BCUT2D eigenvalue weighted by atomic mass is 9.87. The summed E-state index contributed by atoms with van der Waals surface area (Å²) < 4.78 is 5.45. The first-order valence-electron chi connectivity index (χ1n) is 12.5. The van der Waals surface area contributed by atoms with E-state index in [9.17, 15) is 9.59 Å². The normalized spacial score (nSPS) is 16.7. The van der Waals surface area contributed by atoms with Crippen molar-refractivity contribution in [2.75, 3.05) is 36.5 Å². The van der Waals surface area contributed by atoms with Gasteiger partial charge in [0.25, 0.3) is 11.8 Å². The SMILES string of the molecule is NC(=O)[C@](c1ccccc1)(c1nccs1)N1Cc2cc(Nc3ccc(N4CCOCC4)cc3)ccc2C1=O. The number of thiazole rings is 1. The van der Waals surface area contributed by atoms with E-state index in [4.69, 9.17) is 10.5 Å². The fourth-order valence-electron chi connectivity index (χ4n) is 5.27. The first kappa shape index (κ1) is 24.1. The van der Waals surface area contributed by atoms with Crippen LogP contribution in [0.25, 0.3) is 0 Å². The van der Waals surface area contributed by atoms with Crippen molar-refractivity contribution in [2.24, 2.45) is 5.73 Å². The molecule has 3 heterocycles. The maximum atomic E-state index is 13.7. The number of amides is 2. The summed E-state index contributed by atoms with van der Waals surface area (Å²) in [5.74, 6) is -0.891. The molecule has 0 aliphatic carbocycles. The summed E-state index contributed by atoms with van der Waals surface area (Å²) in [7, 11) is 0. The zero-order valence-corrected chi connectivity index (χ0v) is 21.5. The summed E-state index contributed by atoms with van der Waals surface area (Å²) >= 11 is 1.31. The highest BCUT2D eigenvalue weighted by Gasteiger charge is 2.53. The standard InChI is InChI=1S/C29H27N5O3S/c30-27(36)29(28-31-12-17-38-28,21-4-2-1-3-5-21)34-19-20-18-23(8-11-25(20)26(34)35)32-22-6-9-24(10-7-22)33-13-15-37-16-14-33/h1-12,17-18,32H,13-16,19H2,(H2,30,36)/t29-/m1/s1. The van der Waals surface area contributed by atoms with Crippen LogP contribution in [0.5, 0.6) is 0 Å². The number of fused-ring (bicyclic) bond motifs is 1. The van der Waals surface area contributed by atoms with Gasteiger partial charge in [-0.05, 0) is 53.6 Å². The minimum absolute atomic E-state index is 0.233. The van der Waals surface area contributed by atoms with Crippen LogP contribution in [0.3, 0.4) is 0 Å². The molecule has 0 saturated carbocycles. The number of nitrogens with two attached hydrogens (primary N) is 1. The summed E-state index contributed by atoms with van der Waals surface area (Å²) in [4.78, 5) is 35.3. The van der Waals surface area contributed by atoms with Gasteiger partial charge in [0, 0.05) is 53.8 Å². The van der Waals surface area contributed by atoms with E-state index in [0.717, 1.165) is 43.2 Å². The Morgan fingerprint density at radius 1 is 1.00 bits per heavy atom. The van der Waals surface area contributed by atoms with Crippen molar-refractivity contribution >= 4 is 40.2 Å². The maximum Gasteiger partial charge on any atom is 0.255 e. The third kappa shape index (κ3) is 4.09. The number of nitrogens with zero attached hydrogens (tertiary/aromatic N) is 3. The van der Waals surface area contributed by atoms with Crippen LogP contribution in [-0.4, -0.2) is 48.0 Å². The first-order chi connectivity index (χ1) is 18.6. The van der Waals surface area contributed by atoms with Crippen molar-refractivity contribution < 1.29 is 14.3 Å². The van der Waals surface area contributed by atoms with Gasteiger partial charge in [-0.15, -0.1) is 11.3 Å². The third-order valence-electron chi connectivity index (χ3n) is 7.14. The number of hydrogen-bond acceptors (Lipinski definition) is 7. The van der Waals surface area contributed by atoms with E-state index in [1.54, 1.807) is 22.5 Å². The lowest BCUT2D eigenvalue weighted by molar-refractivity contribution is -0.127. The molecule has 3 N–H and O–H groups in total. The number of hydrogen-bond donors (Lipinski definition) is 2. The lowest BCUT2D eigenvalue weighted by Crippen LogP contribution is -2.55. The summed E-state index contributed by atoms with van der Waals surface area (Å²) in [6, 6.07) is 23.1. The molecule has 4 aromatic rings. The number of benzene rings is 3. The van der Waals surface area contributed by atoms with Gasteiger partial charge in [-0.3, -0.25) is 9.59 Å². The lowest BCUT2D eigenvalue weighted by Gasteiger charge is -2.38. The Labute approximate surface area is 224 Å². The van der Waals surface area contributed by atoms with Gasteiger partial charge in [0.05, 0.1) is 13.2 Å². The topological polar surface area (TPSA) is 101 Å². The molecule has 1 atom stereocenters. The molecule has 8 nitrogen and oxygen atoms in total. The molecule has 0 spiro atoms. The van der Waals surface area contributed by atoms with Crippen LogP contribution < -0.4 is 16.0 Å². The van der Waals surface area contributed by atoms with Crippen molar-refractivity contribution in [1.82, 2.24) is 9.88 Å². The number of carbonyl (C=O) groups excluding carboxylic acids is 2. The van der Waals surface area contributed by atoms with Crippen LogP contribution in [0.4, 0.5) is 17.1 Å². The Balaban J connectivity index is 1.29. The van der Waals surface area contributed by atoms with Gasteiger partial charge in [0.2, 0.25) is 0 Å². The summed E-state index contributed by atoms with van der Waals surface area (Å²) in [5, 5.41) is 5.70. The molecule has 9 heteroatoms. The second-order valence-electron chi connectivity index (χ2n) is 9.31. The quantitative estimate of drug-likeness (QED) is 0.377. The van der Waals surface area contributed by atoms with Crippen molar-refractivity contribution in [3.63, 3.8) is 0 Å². The van der Waals surface area contributed by atoms with Crippen LogP contribution in [0.15, 0.2) is 84.4 Å². The average molecular weight is 526 g/mol. The second kappa shape index (κ2) is 9.92. The van der Waals surface area contributed by atoms with Gasteiger partial charge in [-0.2, -0.15) is 0 Å². The molecule has 2 aliphatic rings. The molecule has 1 fully saturated rings. The molecular weight excluding hydrogens is 498 g/mol. The maximum absolute atomic E-state index is 13.7. The first-order valence-corrected chi connectivity index (χ1v) is 13.4. The van der Waals surface area contributed by atoms with E-state index in [1.807, 2.05) is 54.6 Å². The van der Waals surface area contributed by atoms with Gasteiger partial charge in [-0.25, -0.2) is 4.98 Å². The van der Waals surface area contributed by atoms with E-state index in [1.165, 1.54) is 17.0 Å². The number of rotatable bonds is 7. The Morgan fingerprint density at radius 2 is 1.74 bits per heavy atom. The molecule has 0 radical (unpaired) electrons. The van der Waals surface area contributed by atoms with Gasteiger partial charge < -0.3 is 25.6 Å². The number of anilines is 3. The summed E-state index contributed by atoms with van der Waals surface area (Å²) in [6.45, 7) is 3.50. The number of nitrogens with one attached hydrogen (secondary N) is 1. The number of carbonyl (C=O) groups is 2. The molecular formula is C29H27N5O3S. The summed E-state index contributed by atoms with van der Waals surface area (Å²) in [5.41, 5.74) is 9.53. The van der Waals surface area contributed by atoms with E-state index < -0.39 is 11.4 Å². The molecule has 38 heavy (non-hydrogen) atoms. The number of morpholine rings is 1. The van der Waals surface area contributed by atoms with Crippen LogP contribution in [0.2, 0.25) is 0 Å². The molecule has 6 rings (SSSR count). The minimum Gasteiger partial charge on any atom is -0.378 e. The van der Waals surface area contributed by atoms with Crippen LogP contribution in [0, 0.1) is 0 Å². The minimum atomic E-state index is -1.51. The molecule has 192 valence electrons. The van der Waals surface area contributed by atoms with Gasteiger partial charge in [-0.1, -0.05) is 30.3 Å². The van der Waals surface area contributed by atoms with Crippen molar-refractivity contribution in [2.45, 2.75) is 12.1 Å². The zero-order valence-electron chi connectivity index (χ0n) is 20.7. The van der Waals surface area contributed by atoms with E-state index >= 15 is 0 Å². The predicted octanol–water partition coefficient (Wildman–Crippen LogP) is 4.11. The van der Waals surface area contributed by atoms with Gasteiger partial charge in [0.1, 0.15) is 5.01 Å². The van der Waals surface area contributed by atoms with Crippen molar-refractivity contribution in [3.8, 4) is 0 Å². The largest absolute Gasteiger partial charge is 0.378 e. The third-order valence-corrected chi connectivity index (χ3v) is 8.02. The van der Waals surface area contributed by atoms with Crippen LogP contribution >= 0.6 is 11.3 Å². The number of primary amides is 1. The van der Waals surface area contributed by atoms with E-state index in [2.05, 4.69) is 27.3 Å². The van der Waals surface area contributed by atoms with Gasteiger partial charge in [0.15, 0.2) is 5.54 Å². The molecule has 2 amide bonds. The Hall–Kier alpha value is -4.21. The zero-order chi connectivity index (χ0) is 26.1. The fourth-order valence-corrected chi connectivity index (χ4v) is 6.14. The Bertz CT molecular complexity index is 1450. The van der Waals surface area contributed by atoms with Crippen LogP contribution in [-0.2, 0) is 21.6 Å². The molecule has 0 unspecified atom stereocenters. The van der Waals surface area contributed by atoms with E-state index in [0.29, 0.717) is 16.1 Å². The van der Waals surface area contributed by atoms with Crippen LogP contribution in [0.1, 0.15) is 26.5 Å². The Morgan fingerprint density at radius 3 is 2.42 bits per heavy atom.